The van der Waals surface area contributed by atoms with Gasteiger partial charge < -0.3 is 20.4 Å². The molecule has 0 aromatic heterocycles. The van der Waals surface area contributed by atoms with E-state index in [1.807, 2.05) is 50.2 Å². The predicted octanol–water partition coefficient (Wildman–Crippen LogP) is 1.24. The van der Waals surface area contributed by atoms with E-state index in [4.69, 9.17) is 5.11 Å². The van der Waals surface area contributed by atoms with Gasteiger partial charge in [-0.15, -0.1) is 0 Å². The number of carboxylic acids is 1. The first kappa shape index (κ1) is 15.5. The Morgan fingerprint density at radius 3 is 2.32 bits per heavy atom. The largest absolute Gasteiger partial charge is 0.480 e. The Morgan fingerprint density at radius 1 is 1.32 bits per heavy atom. The number of aliphatic hydroxyl groups is 1. The summed E-state index contributed by atoms with van der Waals surface area (Å²) in [5.41, 5.74) is 1.85. The molecular formula is C14H22N2O3. The van der Waals surface area contributed by atoms with Crippen molar-refractivity contribution < 1.29 is 15.0 Å². The van der Waals surface area contributed by atoms with Crippen LogP contribution in [0, 0.1) is 0 Å². The molecule has 0 aliphatic carbocycles. The van der Waals surface area contributed by atoms with E-state index >= 15 is 0 Å². The molecule has 0 saturated carbocycles. The summed E-state index contributed by atoms with van der Waals surface area (Å²) in [6, 6.07) is 7.34. The summed E-state index contributed by atoms with van der Waals surface area (Å²) >= 11 is 0. The Balaban J connectivity index is 2.73. The van der Waals surface area contributed by atoms with Gasteiger partial charge in [0.05, 0.1) is 12.6 Å². The summed E-state index contributed by atoms with van der Waals surface area (Å²) in [4.78, 5) is 12.5. The van der Waals surface area contributed by atoms with E-state index in [2.05, 4.69) is 5.32 Å². The van der Waals surface area contributed by atoms with Crippen LogP contribution in [-0.4, -0.2) is 42.9 Å². The molecular weight excluding hydrogens is 244 g/mol. The number of hydrogen-bond donors (Lipinski definition) is 3. The number of anilines is 1. The number of hydrogen-bond acceptors (Lipinski definition) is 4. The van der Waals surface area contributed by atoms with Gasteiger partial charge in [-0.05, 0) is 24.1 Å². The number of nitrogens with one attached hydrogen (secondary N) is 1. The number of aliphatic hydroxyl groups excluding tert-OH is 1. The zero-order valence-corrected chi connectivity index (χ0v) is 11.6. The van der Waals surface area contributed by atoms with Crippen LogP contribution in [0.15, 0.2) is 24.3 Å². The van der Waals surface area contributed by atoms with Gasteiger partial charge in [-0.1, -0.05) is 19.1 Å². The Bertz CT molecular complexity index is 404. The monoisotopic (exact) mass is 266 g/mol. The normalized spacial score (nSPS) is 13.9. The molecule has 0 spiro atoms. The highest BCUT2D eigenvalue weighted by molar-refractivity contribution is 5.69. The molecule has 5 heteroatoms. The Kier molecular flexibility index (Phi) is 5.79. The molecule has 19 heavy (non-hydrogen) atoms. The topological polar surface area (TPSA) is 72.8 Å². The van der Waals surface area contributed by atoms with Crippen LogP contribution in [0.1, 0.15) is 25.0 Å². The SMILES string of the molecule is CCC(NCC(=O)O)C(O)c1ccc(N(C)C)cc1. The molecule has 0 bridgehead atoms. The standard InChI is InChI=1S/C14H22N2O3/c1-4-12(15-9-13(17)18)14(19)10-5-7-11(8-6-10)16(2)3/h5-8,12,14-15,19H,4,9H2,1-3H3,(H,17,18). The molecule has 2 atom stereocenters. The lowest BCUT2D eigenvalue weighted by Gasteiger charge is -2.23. The van der Waals surface area contributed by atoms with E-state index in [0.29, 0.717) is 6.42 Å². The molecule has 2 unspecified atom stereocenters. The second kappa shape index (κ2) is 7.11. The van der Waals surface area contributed by atoms with Crippen LogP contribution in [-0.2, 0) is 4.79 Å². The van der Waals surface area contributed by atoms with Gasteiger partial charge in [-0.2, -0.15) is 0 Å². The first-order valence-corrected chi connectivity index (χ1v) is 6.36. The van der Waals surface area contributed by atoms with Crippen LogP contribution >= 0.6 is 0 Å². The smallest absolute Gasteiger partial charge is 0.317 e. The highest BCUT2D eigenvalue weighted by Crippen LogP contribution is 2.21. The Morgan fingerprint density at radius 2 is 1.89 bits per heavy atom. The number of carboxylic acid groups (broad SMARTS) is 1. The number of carbonyl (C=O) groups is 1. The summed E-state index contributed by atoms with van der Waals surface area (Å²) in [6.45, 7) is 1.77. The van der Waals surface area contributed by atoms with Crippen molar-refractivity contribution in [1.82, 2.24) is 5.32 Å². The number of benzene rings is 1. The average Bonchev–Trinajstić information content (AvgIpc) is 2.39. The molecule has 0 aliphatic heterocycles. The second-order valence-electron chi connectivity index (χ2n) is 4.72. The minimum absolute atomic E-state index is 0.147. The van der Waals surface area contributed by atoms with Crippen LogP contribution < -0.4 is 10.2 Å². The third kappa shape index (κ3) is 4.54. The minimum atomic E-state index is -0.923. The minimum Gasteiger partial charge on any atom is -0.480 e. The summed E-state index contributed by atoms with van der Waals surface area (Å²) in [5, 5.41) is 21.8. The van der Waals surface area contributed by atoms with Gasteiger partial charge >= 0.3 is 5.97 Å². The molecule has 5 nitrogen and oxygen atoms in total. The summed E-state index contributed by atoms with van der Waals surface area (Å²) < 4.78 is 0. The Hall–Kier alpha value is -1.59. The lowest BCUT2D eigenvalue weighted by molar-refractivity contribution is -0.136. The molecule has 0 radical (unpaired) electrons. The fraction of sp³-hybridized carbons (Fsp3) is 0.500. The van der Waals surface area contributed by atoms with Crippen LogP contribution in [0.4, 0.5) is 5.69 Å². The van der Waals surface area contributed by atoms with E-state index in [0.717, 1.165) is 11.3 Å². The third-order valence-electron chi connectivity index (χ3n) is 3.09. The van der Waals surface area contributed by atoms with Crippen LogP contribution in [0.2, 0.25) is 0 Å². The molecule has 0 aliphatic rings. The van der Waals surface area contributed by atoms with Gasteiger partial charge in [0.1, 0.15) is 0 Å². The molecule has 0 heterocycles. The predicted molar refractivity (Wildman–Crippen MR) is 75.4 cm³/mol. The summed E-state index contributed by atoms with van der Waals surface area (Å²) in [5.74, 6) is -0.923. The second-order valence-corrected chi connectivity index (χ2v) is 4.72. The third-order valence-corrected chi connectivity index (χ3v) is 3.09. The highest BCUT2D eigenvalue weighted by atomic mass is 16.4. The average molecular weight is 266 g/mol. The van der Waals surface area contributed by atoms with Crippen molar-refractivity contribution in [1.29, 1.82) is 0 Å². The molecule has 1 aromatic carbocycles. The summed E-state index contributed by atoms with van der Waals surface area (Å²) in [7, 11) is 3.91. The molecule has 1 aromatic rings. The highest BCUT2D eigenvalue weighted by Gasteiger charge is 2.19. The fourth-order valence-electron chi connectivity index (χ4n) is 1.90. The number of aliphatic carboxylic acids is 1. The van der Waals surface area contributed by atoms with Gasteiger partial charge in [-0.25, -0.2) is 0 Å². The molecule has 106 valence electrons. The van der Waals surface area contributed by atoms with Crippen molar-refractivity contribution in [2.45, 2.75) is 25.5 Å². The van der Waals surface area contributed by atoms with E-state index in [1.54, 1.807) is 0 Å². The van der Waals surface area contributed by atoms with Crippen molar-refractivity contribution >= 4 is 11.7 Å². The van der Waals surface area contributed by atoms with Crippen molar-refractivity contribution in [3.05, 3.63) is 29.8 Å². The molecule has 0 amide bonds. The van der Waals surface area contributed by atoms with Gasteiger partial charge in [0.25, 0.3) is 0 Å². The lowest BCUT2D eigenvalue weighted by atomic mass is 10.00. The quantitative estimate of drug-likeness (QED) is 0.692. The zero-order valence-electron chi connectivity index (χ0n) is 11.6. The molecule has 3 N–H and O–H groups in total. The summed E-state index contributed by atoms with van der Waals surface area (Å²) in [6.07, 6.45) is -0.0512. The van der Waals surface area contributed by atoms with Gasteiger partial charge in [0.2, 0.25) is 0 Å². The van der Waals surface area contributed by atoms with E-state index in [1.165, 1.54) is 0 Å². The maximum atomic E-state index is 10.5. The van der Waals surface area contributed by atoms with E-state index in [9.17, 15) is 9.90 Å². The van der Waals surface area contributed by atoms with Crippen LogP contribution in [0.5, 0.6) is 0 Å². The van der Waals surface area contributed by atoms with Crippen LogP contribution in [0.25, 0.3) is 0 Å². The van der Waals surface area contributed by atoms with Crippen molar-refractivity contribution in [3.63, 3.8) is 0 Å². The van der Waals surface area contributed by atoms with E-state index < -0.39 is 12.1 Å². The maximum Gasteiger partial charge on any atom is 0.317 e. The van der Waals surface area contributed by atoms with E-state index in [-0.39, 0.29) is 12.6 Å². The number of nitrogens with zero attached hydrogens (tertiary/aromatic N) is 1. The fourth-order valence-corrected chi connectivity index (χ4v) is 1.90. The first-order chi connectivity index (χ1) is 8.95. The molecule has 0 saturated heterocycles. The number of rotatable bonds is 7. The van der Waals surface area contributed by atoms with Crippen molar-refractivity contribution in [3.8, 4) is 0 Å². The zero-order chi connectivity index (χ0) is 14.4. The van der Waals surface area contributed by atoms with Gasteiger partial charge in [-0.3, -0.25) is 4.79 Å². The molecule has 0 fully saturated rings. The van der Waals surface area contributed by atoms with Crippen molar-refractivity contribution in [2.75, 3.05) is 25.5 Å². The van der Waals surface area contributed by atoms with Crippen molar-refractivity contribution in [2.24, 2.45) is 0 Å². The maximum absolute atomic E-state index is 10.5. The van der Waals surface area contributed by atoms with Gasteiger partial charge in [0.15, 0.2) is 0 Å². The molecule has 1 rings (SSSR count). The van der Waals surface area contributed by atoms with Crippen LogP contribution in [0.3, 0.4) is 0 Å². The lowest BCUT2D eigenvalue weighted by Crippen LogP contribution is -2.37. The van der Waals surface area contributed by atoms with Gasteiger partial charge in [0, 0.05) is 25.8 Å². The first-order valence-electron chi connectivity index (χ1n) is 6.36. The Labute approximate surface area is 113 Å².